The van der Waals surface area contributed by atoms with Gasteiger partial charge >= 0.3 is 12.3 Å². The van der Waals surface area contributed by atoms with Crippen molar-refractivity contribution in [3.8, 4) is 10.6 Å². The van der Waals surface area contributed by atoms with E-state index < -0.39 is 17.7 Å². The minimum absolute atomic E-state index is 0.0989. The number of hydrogen-bond acceptors (Lipinski definition) is 8. The van der Waals surface area contributed by atoms with E-state index in [2.05, 4.69) is 15.3 Å². The number of aliphatic hydroxyl groups excluding tert-OH is 1. The number of benzene rings is 2. The lowest BCUT2D eigenvalue weighted by molar-refractivity contribution is -0.135. The Labute approximate surface area is 252 Å². The molecule has 2 aromatic carbocycles. The van der Waals surface area contributed by atoms with Crippen LogP contribution in [0.25, 0.3) is 21.5 Å². The molecule has 0 aliphatic carbocycles. The molecule has 4 heterocycles. The maximum Gasteiger partial charge on any atom is 0.427 e. The smallest absolute Gasteiger partial charge is 0.427 e. The first kappa shape index (κ1) is 29.4. The van der Waals surface area contributed by atoms with Gasteiger partial charge in [-0.15, -0.1) is 11.3 Å². The number of hydrogen-bond donors (Lipinski definition) is 2. The number of nitrogens with zero attached hydrogens (tertiary/aromatic N) is 4. The minimum atomic E-state index is -4.64. The molecule has 0 bridgehead atoms. The number of ether oxygens (including phenoxy) is 1. The summed E-state index contributed by atoms with van der Waals surface area (Å²) >= 11 is 6.51. The number of carbonyl (C=O) groups is 1. The predicted molar refractivity (Wildman–Crippen MR) is 157 cm³/mol. The van der Waals surface area contributed by atoms with Gasteiger partial charge in [0.15, 0.2) is 0 Å². The second-order valence-electron chi connectivity index (χ2n) is 10.6. The zero-order chi connectivity index (χ0) is 30.5. The number of thiazole rings is 1. The van der Waals surface area contributed by atoms with Crippen LogP contribution in [-0.4, -0.2) is 62.5 Å². The molecule has 14 heteroatoms. The number of halogens is 4. The van der Waals surface area contributed by atoms with E-state index in [0.717, 1.165) is 5.56 Å². The van der Waals surface area contributed by atoms with Crippen molar-refractivity contribution in [3.05, 3.63) is 73.7 Å². The van der Waals surface area contributed by atoms with E-state index in [9.17, 15) is 27.9 Å². The van der Waals surface area contributed by atoms with Crippen LogP contribution in [0.4, 0.5) is 23.7 Å². The molecule has 2 N–H and O–H groups in total. The Bertz CT molecular complexity index is 1760. The quantitative estimate of drug-likeness (QED) is 0.277. The Hall–Kier alpha value is -3.68. The van der Waals surface area contributed by atoms with Crippen LogP contribution in [0.3, 0.4) is 0 Å². The number of anilines is 1. The lowest BCUT2D eigenvalue weighted by atomic mass is 9.97. The van der Waals surface area contributed by atoms with Gasteiger partial charge in [0.1, 0.15) is 22.3 Å². The number of piperidine rings is 1. The molecule has 6 rings (SSSR count). The van der Waals surface area contributed by atoms with Gasteiger partial charge in [0, 0.05) is 41.9 Å². The number of aliphatic hydroxyl groups is 1. The van der Waals surface area contributed by atoms with Crippen molar-refractivity contribution >= 4 is 45.6 Å². The first-order valence-corrected chi connectivity index (χ1v) is 14.9. The third-order valence-corrected chi connectivity index (χ3v) is 9.21. The number of alkyl halides is 3. The van der Waals surface area contributed by atoms with Crippen LogP contribution in [0.15, 0.2) is 41.2 Å². The highest BCUT2D eigenvalue weighted by atomic mass is 35.5. The molecule has 0 spiro atoms. The zero-order valence-electron chi connectivity index (χ0n) is 22.9. The summed E-state index contributed by atoms with van der Waals surface area (Å²) < 4.78 is 48.4. The standard InChI is InChI=1S/C29H27ClF3N5O4S/c1-15-34-24-11-20(26-36-22(7-9-39)25(43-26)29(31,32)33)23(35-18-6-8-37-19(10-18)14-42-28(37)41)12-21(24)27(40)38(15)13-16-2-4-17(30)5-3-16/h2-5,11-12,18-19,35,39H,6-10,13-14H2,1H3/t18-,19-/m0/s1. The Kier molecular flexibility index (Phi) is 7.82. The Morgan fingerprint density at radius 3 is 2.67 bits per heavy atom. The number of amides is 1. The van der Waals surface area contributed by atoms with Gasteiger partial charge in [-0.1, -0.05) is 23.7 Å². The molecule has 0 unspecified atom stereocenters. The van der Waals surface area contributed by atoms with Gasteiger partial charge in [0.25, 0.3) is 5.56 Å². The van der Waals surface area contributed by atoms with Crippen molar-refractivity contribution in [2.24, 2.45) is 0 Å². The van der Waals surface area contributed by atoms with Crippen LogP contribution in [0.1, 0.15) is 34.8 Å². The molecule has 2 aliphatic heterocycles. The third kappa shape index (κ3) is 5.80. The molecular weight excluding hydrogens is 607 g/mol. The molecule has 2 aromatic heterocycles. The van der Waals surface area contributed by atoms with Gasteiger partial charge in [-0.25, -0.2) is 14.8 Å². The molecule has 226 valence electrons. The summed E-state index contributed by atoms with van der Waals surface area (Å²) in [6, 6.07) is 10.1. The van der Waals surface area contributed by atoms with Gasteiger partial charge in [-0.2, -0.15) is 13.2 Å². The van der Waals surface area contributed by atoms with Crippen LogP contribution < -0.4 is 10.9 Å². The lowest BCUT2D eigenvalue weighted by Crippen LogP contribution is -2.45. The minimum Gasteiger partial charge on any atom is -0.447 e. The highest BCUT2D eigenvalue weighted by molar-refractivity contribution is 7.15. The lowest BCUT2D eigenvalue weighted by Gasteiger charge is -2.33. The summed E-state index contributed by atoms with van der Waals surface area (Å²) in [6.07, 6.45) is -4.09. The van der Waals surface area contributed by atoms with Crippen LogP contribution in [-0.2, 0) is 23.9 Å². The van der Waals surface area contributed by atoms with E-state index in [-0.39, 0.29) is 54.0 Å². The van der Waals surface area contributed by atoms with Crippen molar-refractivity contribution in [3.63, 3.8) is 0 Å². The number of aromatic nitrogens is 3. The van der Waals surface area contributed by atoms with Gasteiger partial charge in [-0.3, -0.25) is 9.36 Å². The molecular formula is C29H27ClF3N5O4S. The molecule has 2 atom stereocenters. The summed E-state index contributed by atoms with van der Waals surface area (Å²) in [5.74, 6) is 0.438. The van der Waals surface area contributed by atoms with E-state index in [1.807, 2.05) is 12.1 Å². The molecule has 4 aromatic rings. The second-order valence-corrected chi connectivity index (χ2v) is 12.1. The molecule has 0 radical (unpaired) electrons. The van der Waals surface area contributed by atoms with Crippen molar-refractivity contribution in [2.75, 3.05) is 25.1 Å². The number of rotatable bonds is 7. The predicted octanol–water partition coefficient (Wildman–Crippen LogP) is 5.48. The molecule has 1 amide bonds. The molecule has 2 fully saturated rings. The second kappa shape index (κ2) is 11.4. The SMILES string of the molecule is Cc1nc2cc(-c3nc(CCO)c(C(F)(F)F)s3)c(N[C@H]3CCN4C(=O)OC[C@@H]4C3)cc2c(=O)n1Cc1ccc(Cl)cc1. The van der Waals surface area contributed by atoms with E-state index in [1.54, 1.807) is 40.7 Å². The van der Waals surface area contributed by atoms with Gasteiger partial charge in [-0.05, 0) is 49.6 Å². The van der Waals surface area contributed by atoms with Crippen LogP contribution >= 0.6 is 22.9 Å². The number of carbonyl (C=O) groups excluding carboxylic acids is 1. The summed E-state index contributed by atoms with van der Waals surface area (Å²) in [7, 11) is 0. The summed E-state index contributed by atoms with van der Waals surface area (Å²) in [5, 5.41) is 13.8. The fraction of sp³-hybridized carbons (Fsp3) is 0.379. The van der Waals surface area contributed by atoms with E-state index >= 15 is 0 Å². The Balaban J connectivity index is 1.45. The van der Waals surface area contributed by atoms with Gasteiger partial charge in [0.05, 0.1) is 29.2 Å². The Morgan fingerprint density at radius 1 is 1.19 bits per heavy atom. The number of aryl methyl sites for hydroxylation is 1. The van der Waals surface area contributed by atoms with Gasteiger partial charge < -0.3 is 20.1 Å². The highest BCUT2D eigenvalue weighted by Crippen LogP contribution is 2.42. The molecule has 2 aliphatic rings. The summed E-state index contributed by atoms with van der Waals surface area (Å²) in [6.45, 7) is 2.21. The maximum absolute atomic E-state index is 13.9. The fourth-order valence-electron chi connectivity index (χ4n) is 5.65. The fourth-order valence-corrected chi connectivity index (χ4v) is 6.78. The van der Waals surface area contributed by atoms with E-state index in [1.165, 1.54) is 0 Å². The number of fused-ring (bicyclic) bond motifs is 2. The average Bonchev–Trinajstić information content (AvgIpc) is 3.56. The molecule has 43 heavy (non-hydrogen) atoms. The van der Waals surface area contributed by atoms with E-state index in [0.29, 0.717) is 63.7 Å². The number of cyclic esters (lactones) is 1. The molecule has 2 saturated heterocycles. The van der Waals surface area contributed by atoms with Crippen LogP contribution in [0, 0.1) is 6.92 Å². The van der Waals surface area contributed by atoms with Crippen molar-refractivity contribution < 1.29 is 27.8 Å². The van der Waals surface area contributed by atoms with Crippen molar-refractivity contribution in [2.45, 2.75) is 51.0 Å². The zero-order valence-corrected chi connectivity index (χ0v) is 24.5. The summed E-state index contributed by atoms with van der Waals surface area (Å²) in [4.78, 5) is 35.5. The third-order valence-electron chi connectivity index (χ3n) is 7.78. The Morgan fingerprint density at radius 2 is 1.95 bits per heavy atom. The summed E-state index contributed by atoms with van der Waals surface area (Å²) in [5.41, 5.74) is 1.45. The van der Waals surface area contributed by atoms with Gasteiger partial charge in [0.2, 0.25) is 0 Å². The topological polar surface area (TPSA) is 110 Å². The van der Waals surface area contributed by atoms with Crippen LogP contribution in [0.5, 0.6) is 0 Å². The first-order valence-electron chi connectivity index (χ1n) is 13.7. The average molecular weight is 634 g/mol. The maximum atomic E-state index is 13.9. The van der Waals surface area contributed by atoms with E-state index in [4.69, 9.17) is 16.3 Å². The van der Waals surface area contributed by atoms with Crippen molar-refractivity contribution in [1.29, 1.82) is 0 Å². The largest absolute Gasteiger partial charge is 0.447 e. The molecule has 9 nitrogen and oxygen atoms in total. The van der Waals surface area contributed by atoms with Crippen LogP contribution in [0.2, 0.25) is 5.02 Å². The molecule has 0 saturated carbocycles. The monoisotopic (exact) mass is 633 g/mol. The first-order chi connectivity index (χ1) is 20.5. The van der Waals surface area contributed by atoms with Crippen molar-refractivity contribution in [1.82, 2.24) is 19.4 Å². The highest BCUT2D eigenvalue weighted by Gasteiger charge is 2.39. The normalized spacial score (nSPS) is 18.7. The number of nitrogens with one attached hydrogen (secondary N) is 1.